The average Bonchev–Trinajstić information content (AvgIpc) is 3.15. The molecular weight excluding hydrogens is 1180 g/mol. The van der Waals surface area contributed by atoms with Crippen LogP contribution in [0.4, 0.5) is 26.3 Å². The van der Waals surface area contributed by atoms with Crippen molar-refractivity contribution < 1.29 is 154 Å². The number of phenolic OH excluding ortho intramolecular Hbond substituents is 1. The van der Waals surface area contributed by atoms with Gasteiger partial charge >= 0.3 is 59.4 Å². The van der Waals surface area contributed by atoms with E-state index in [9.17, 15) is 55.1 Å². The third-order valence-electron chi connectivity index (χ3n) is 10.5. The summed E-state index contributed by atoms with van der Waals surface area (Å²) in [4.78, 5) is 69.0. The molecule has 8 N–H and O–H groups in total. The molecule has 6 aromatic carbocycles. The van der Waals surface area contributed by atoms with E-state index >= 15 is 0 Å². The molecular formula is C59H52F6NNaO20. The van der Waals surface area contributed by atoms with E-state index in [0.29, 0.717) is 25.4 Å². The summed E-state index contributed by atoms with van der Waals surface area (Å²) in [5.74, 6) is -5.94. The summed E-state index contributed by atoms with van der Waals surface area (Å²) >= 11 is 0. The Morgan fingerprint density at radius 2 is 0.874 bits per heavy atom. The van der Waals surface area contributed by atoms with Crippen LogP contribution in [0, 0.1) is 47.2 Å². The number of aromatic hydroxyl groups is 2. The molecule has 6 aromatic rings. The minimum absolute atomic E-state index is 0. The van der Waals surface area contributed by atoms with Gasteiger partial charge in [-0.3, -0.25) is 10.1 Å². The van der Waals surface area contributed by atoms with E-state index in [4.69, 9.17) is 56.8 Å². The van der Waals surface area contributed by atoms with Crippen molar-refractivity contribution in [3.05, 3.63) is 194 Å². The van der Waals surface area contributed by atoms with Gasteiger partial charge in [-0.25, -0.2) is 55.2 Å². The molecule has 21 nitrogen and oxygen atoms in total. The topological polar surface area (TPSA) is 333 Å². The number of carboxylic acids is 2. The van der Waals surface area contributed by atoms with Crippen molar-refractivity contribution in [3.8, 4) is 46.8 Å². The molecule has 0 aliphatic carbocycles. The second-order valence-electron chi connectivity index (χ2n) is 16.0. The van der Waals surface area contributed by atoms with Crippen LogP contribution < -0.4 is 54.2 Å². The van der Waals surface area contributed by atoms with E-state index in [0.717, 1.165) is 54.6 Å². The molecule has 3 aliphatic heterocycles. The summed E-state index contributed by atoms with van der Waals surface area (Å²) in [7, 11) is 3.69. The number of nitrogens with two attached hydrogens (primary N) is 1. The molecule has 0 radical (unpaired) electrons. The SMILES string of the molecule is C#CCOc1cc(F)ccc1C(=O)OC.CCOO.COC(=O)c1ccc(F)c2c1OCC=C2.COC(=O)c1ccc(F)cc1O.NC(=O)c1ccc(F)c2c1OCC=C2.O=C(O)c1ccc(F)c2c1OCC=C2.O=C(O)c1ccc(F)cc1O.[Na+].[OH-]. The monoisotopic (exact) mass is 1230 g/mol. The third kappa shape index (κ3) is 22.6. The minimum atomic E-state index is -1.28. The van der Waals surface area contributed by atoms with Crippen LogP contribution >= 0.6 is 0 Å². The van der Waals surface area contributed by atoms with Crippen molar-refractivity contribution in [3.63, 3.8) is 0 Å². The molecule has 0 atom stereocenters. The number of terminal acetylenes is 1. The number of carbonyl (C=O) groups excluding carboxylic acids is 4. The maximum Gasteiger partial charge on any atom is 1.00 e. The zero-order chi connectivity index (χ0) is 63.3. The first-order chi connectivity index (χ1) is 40.5. The van der Waals surface area contributed by atoms with E-state index in [1.807, 2.05) is 0 Å². The second kappa shape index (κ2) is 38.2. The quantitative estimate of drug-likeness (QED) is 0.0165. The van der Waals surface area contributed by atoms with Gasteiger partial charge in [0, 0.05) is 18.2 Å². The van der Waals surface area contributed by atoms with Gasteiger partial charge in [-0.1, -0.05) is 5.92 Å². The maximum atomic E-state index is 13.3. The molecule has 3 heterocycles. The molecule has 0 aromatic heterocycles. The van der Waals surface area contributed by atoms with Crippen molar-refractivity contribution >= 4 is 54.0 Å². The zero-order valence-corrected chi connectivity index (χ0v) is 48.5. The molecule has 0 unspecified atom stereocenters. The van der Waals surface area contributed by atoms with Crippen molar-refractivity contribution in [2.45, 2.75) is 6.92 Å². The fourth-order valence-electron chi connectivity index (χ4n) is 6.67. The van der Waals surface area contributed by atoms with Crippen LogP contribution in [0.3, 0.4) is 0 Å². The van der Waals surface area contributed by atoms with Crippen molar-refractivity contribution in [2.24, 2.45) is 5.73 Å². The number of halogens is 6. The molecule has 456 valence electrons. The number of carbonyl (C=O) groups is 6. The average molecular weight is 1230 g/mol. The predicted molar refractivity (Wildman–Crippen MR) is 292 cm³/mol. The summed E-state index contributed by atoms with van der Waals surface area (Å²) in [5.41, 5.74) is 6.17. The minimum Gasteiger partial charge on any atom is -0.870 e. The van der Waals surface area contributed by atoms with Gasteiger partial charge in [0.05, 0.1) is 50.2 Å². The molecule has 0 fully saturated rings. The maximum absolute atomic E-state index is 13.3. The van der Waals surface area contributed by atoms with E-state index < -0.39 is 82.2 Å². The Bertz CT molecular complexity index is 3430. The fourth-order valence-corrected chi connectivity index (χ4v) is 6.67. The van der Waals surface area contributed by atoms with Gasteiger partial charge in [0.25, 0.3) is 5.91 Å². The smallest absolute Gasteiger partial charge is 0.870 e. The number of hydrogen-bond acceptors (Lipinski definition) is 18. The Morgan fingerprint density at radius 3 is 1.25 bits per heavy atom. The molecule has 87 heavy (non-hydrogen) atoms. The number of methoxy groups -OCH3 is 3. The number of amides is 1. The van der Waals surface area contributed by atoms with Crippen LogP contribution in [0.5, 0.6) is 34.5 Å². The summed E-state index contributed by atoms with van der Waals surface area (Å²) in [5, 5.41) is 42.4. The van der Waals surface area contributed by atoms with Gasteiger partial charge < -0.3 is 64.8 Å². The van der Waals surface area contributed by atoms with Gasteiger partial charge in [-0.15, -0.1) is 6.42 Å². The molecule has 0 spiro atoms. The number of esters is 3. The first-order valence-electron chi connectivity index (χ1n) is 24.0. The first kappa shape index (κ1) is 75.2. The summed E-state index contributed by atoms with van der Waals surface area (Å²) in [6.45, 7) is 2.99. The predicted octanol–water partition coefficient (Wildman–Crippen LogP) is 6.77. The zero-order valence-electron chi connectivity index (χ0n) is 46.5. The number of carboxylic acid groups (broad SMARTS) is 2. The van der Waals surface area contributed by atoms with Crippen LogP contribution in [0.15, 0.2) is 109 Å². The summed E-state index contributed by atoms with van der Waals surface area (Å²) in [6.07, 6.45) is 14.7. The van der Waals surface area contributed by atoms with Gasteiger partial charge in [-0.05, 0) is 116 Å². The number of primary amides is 1. The molecule has 9 rings (SSSR count). The number of phenols is 2. The van der Waals surface area contributed by atoms with Crippen LogP contribution in [-0.4, -0.2) is 121 Å². The summed E-state index contributed by atoms with van der Waals surface area (Å²) in [6, 6.07) is 16.8. The Labute approximate surface area is 513 Å². The van der Waals surface area contributed by atoms with Gasteiger partial charge in [0.2, 0.25) is 0 Å². The van der Waals surface area contributed by atoms with Crippen LogP contribution in [0.25, 0.3) is 18.2 Å². The van der Waals surface area contributed by atoms with E-state index in [1.165, 1.54) is 63.8 Å². The van der Waals surface area contributed by atoms with Crippen molar-refractivity contribution in [1.29, 1.82) is 0 Å². The fraction of sp³-hybridized carbons (Fsp3) is 0.153. The van der Waals surface area contributed by atoms with E-state index in [1.54, 1.807) is 37.3 Å². The second-order valence-corrected chi connectivity index (χ2v) is 16.0. The first-order valence-corrected chi connectivity index (χ1v) is 24.0. The van der Waals surface area contributed by atoms with Crippen LogP contribution in [0.2, 0.25) is 0 Å². The summed E-state index contributed by atoms with van der Waals surface area (Å²) < 4.78 is 111. The number of aromatic carboxylic acids is 2. The number of rotatable bonds is 9. The number of benzene rings is 6. The molecule has 0 saturated heterocycles. The molecule has 0 bridgehead atoms. The Kier molecular flexibility index (Phi) is 33.0. The van der Waals surface area contributed by atoms with E-state index in [2.05, 4.69) is 25.0 Å². The number of ether oxygens (including phenoxy) is 7. The number of hydrogen-bond donors (Lipinski definition) is 6. The molecule has 3 aliphatic rings. The van der Waals surface area contributed by atoms with Crippen LogP contribution in [0.1, 0.15) is 85.8 Å². The Hall–Kier alpha value is -9.82. The largest absolute Gasteiger partial charge is 1.00 e. The van der Waals surface area contributed by atoms with Gasteiger partial charge in [-0.2, -0.15) is 0 Å². The van der Waals surface area contributed by atoms with Gasteiger partial charge in [0.1, 0.15) is 124 Å². The molecule has 0 saturated carbocycles. The molecule has 28 heteroatoms. The molecule has 1 amide bonds. The Balaban J connectivity index is 0.000000514. The Morgan fingerprint density at radius 1 is 0.540 bits per heavy atom. The normalized spacial score (nSPS) is 10.9. The van der Waals surface area contributed by atoms with Crippen LogP contribution in [-0.2, 0) is 19.1 Å². The van der Waals surface area contributed by atoms with E-state index in [-0.39, 0.29) is 116 Å². The standard InChI is InChI=1S/2C11H9FO3.C10H8FNO2.C10H7FO3.C8H7FO3.C7H5FO3.C2H6O2.Na.H2O/c1-14-11(13)8-4-5-9(12)7-3-2-6-15-10(7)8;1-3-6-15-10-7-8(12)4-5-9(10)11(13)14-2;2*11-8-4-3-7(10(12)13)9-6(8)2-1-5-14-9;1-12-8(11)6-3-2-5(9)4-7(6)10;8-4-1-2-5(7(10)11)6(9)3-4;1-2-4-3;;/h2-5H,6H2,1H3;1,4-5,7H,6H2,2H3;1-4H,5H2,(H2,12,13);1-4H,5H2,(H,12,13);2-4,10H,1H3;1-3,9H,(H,10,11);3H,2H2,1H3;;1H2/q;;;;;;;+1;/p-1. The van der Waals surface area contributed by atoms with Crippen molar-refractivity contribution in [1.82, 2.24) is 0 Å². The number of fused-ring (bicyclic) bond motifs is 3. The van der Waals surface area contributed by atoms with Crippen molar-refractivity contribution in [2.75, 3.05) is 54.4 Å². The third-order valence-corrected chi connectivity index (χ3v) is 10.5. The van der Waals surface area contributed by atoms with Gasteiger partial charge in [0.15, 0.2) is 0 Å².